The largest absolute Gasteiger partial charge is 0.306 e. The Morgan fingerprint density at radius 3 is 2.14 bits per heavy atom. The lowest BCUT2D eigenvalue weighted by Crippen LogP contribution is -2.49. The number of amides is 4. The molecule has 2 atom stereocenters. The molecule has 8 nitrogen and oxygen atoms in total. The number of para-hydroxylation sites is 2. The van der Waals surface area contributed by atoms with E-state index in [9.17, 15) is 19.2 Å². The van der Waals surface area contributed by atoms with Crippen LogP contribution in [0.5, 0.6) is 0 Å². The van der Waals surface area contributed by atoms with Crippen molar-refractivity contribution >= 4 is 35.0 Å². The summed E-state index contributed by atoms with van der Waals surface area (Å²) in [5, 5.41) is 0. The maximum absolute atomic E-state index is 13.9. The number of hydrogen-bond acceptors (Lipinski definition) is 5. The summed E-state index contributed by atoms with van der Waals surface area (Å²) < 4.78 is 0. The Kier molecular flexibility index (Phi) is 5.36. The molecule has 0 spiro atoms. The summed E-state index contributed by atoms with van der Waals surface area (Å²) in [6.45, 7) is -0.00945. The van der Waals surface area contributed by atoms with Gasteiger partial charge in [0.2, 0.25) is 11.8 Å². The zero-order valence-electron chi connectivity index (χ0n) is 19.5. The van der Waals surface area contributed by atoms with Crippen LogP contribution >= 0.6 is 0 Å². The second-order valence-corrected chi connectivity index (χ2v) is 9.38. The Bertz CT molecular complexity index is 1350. The normalized spacial score (nSPS) is 20.8. The van der Waals surface area contributed by atoms with Crippen LogP contribution in [-0.2, 0) is 16.1 Å². The fourth-order valence-corrected chi connectivity index (χ4v) is 5.68. The van der Waals surface area contributed by atoms with Gasteiger partial charge in [0.05, 0.1) is 35.0 Å². The lowest BCUT2D eigenvalue weighted by Gasteiger charge is -2.31. The molecule has 3 aliphatic rings. The maximum Gasteiger partial charge on any atom is 0.262 e. The first kappa shape index (κ1) is 22.2. The summed E-state index contributed by atoms with van der Waals surface area (Å²) in [7, 11) is 0. The zero-order valence-corrected chi connectivity index (χ0v) is 19.5. The van der Waals surface area contributed by atoms with Gasteiger partial charge in [-0.05, 0) is 54.8 Å². The average Bonchev–Trinajstić information content (AvgIpc) is 3.45. The van der Waals surface area contributed by atoms with E-state index in [-0.39, 0.29) is 30.3 Å². The fraction of sp³-hybridized carbons (Fsp3) is 0.250. The molecule has 4 amide bonds. The molecular formula is C28H24N4O4. The van der Waals surface area contributed by atoms with Crippen molar-refractivity contribution in [1.82, 2.24) is 9.88 Å². The highest BCUT2D eigenvalue weighted by molar-refractivity contribution is 6.23. The fourth-order valence-electron chi connectivity index (χ4n) is 5.68. The van der Waals surface area contributed by atoms with Crippen molar-refractivity contribution in [2.75, 3.05) is 16.3 Å². The highest BCUT2D eigenvalue weighted by atomic mass is 16.2. The van der Waals surface area contributed by atoms with Crippen LogP contribution in [0.4, 0.5) is 11.4 Å². The molecule has 6 rings (SSSR count). The van der Waals surface area contributed by atoms with Gasteiger partial charge in [-0.2, -0.15) is 0 Å². The predicted molar refractivity (Wildman–Crippen MR) is 132 cm³/mol. The number of carbonyl (C=O) groups excluding carboxylic acids is 4. The minimum Gasteiger partial charge on any atom is -0.306 e. The summed E-state index contributed by atoms with van der Waals surface area (Å²) in [6.07, 6.45) is 5.58. The molecule has 8 heteroatoms. The van der Waals surface area contributed by atoms with Crippen molar-refractivity contribution in [3.05, 3.63) is 89.7 Å². The molecule has 2 unspecified atom stereocenters. The van der Waals surface area contributed by atoms with Gasteiger partial charge in [-0.1, -0.05) is 30.7 Å². The van der Waals surface area contributed by atoms with Gasteiger partial charge in [-0.3, -0.25) is 29.1 Å². The molecule has 1 aliphatic carbocycles. The Morgan fingerprint density at radius 2 is 1.44 bits per heavy atom. The Balaban J connectivity index is 1.37. The van der Waals surface area contributed by atoms with Crippen LogP contribution in [0.3, 0.4) is 0 Å². The number of rotatable bonds is 4. The van der Waals surface area contributed by atoms with Gasteiger partial charge in [0, 0.05) is 18.4 Å². The third-order valence-electron chi connectivity index (χ3n) is 7.36. The first-order chi connectivity index (χ1) is 17.5. The van der Waals surface area contributed by atoms with E-state index in [1.54, 1.807) is 46.5 Å². The van der Waals surface area contributed by atoms with E-state index in [1.807, 2.05) is 36.4 Å². The standard InChI is InChI=1S/C28H24N4O4/c33-25(17-31-26(34)19-6-1-2-7-20(19)27(31)35)32-22-11-5-8-21(22)28(36)30(16-18-12-14-29-15-13-18)23-9-3-4-10-24(23)32/h1-4,6-7,9-10,12-15,21-22H,5,8,11,16-17H2. The van der Waals surface area contributed by atoms with Gasteiger partial charge in [0.1, 0.15) is 6.54 Å². The van der Waals surface area contributed by atoms with Crippen molar-refractivity contribution in [3.63, 3.8) is 0 Å². The van der Waals surface area contributed by atoms with E-state index in [0.29, 0.717) is 41.9 Å². The van der Waals surface area contributed by atoms with E-state index in [4.69, 9.17) is 0 Å². The number of carbonyl (C=O) groups is 4. The van der Waals surface area contributed by atoms with Crippen molar-refractivity contribution in [1.29, 1.82) is 0 Å². The third kappa shape index (κ3) is 3.48. The number of anilines is 2. The smallest absolute Gasteiger partial charge is 0.262 e. The topological polar surface area (TPSA) is 90.9 Å². The highest BCUT2D eigenvalue weighted by Crippen LogP contribution is 2.43. The second-order valence-electron chi connectivity index (χ2n) is 9.38. The van der Waals surface area contributed by atoms with E-state index in [1.165, 1.54) is 0 Å². The lowest BCUT2D eigenvalue weighted by molar-refractivity contribution is -0.123. The van der Waals surface area contributed by atoms with Gasteiger partial charge < -0.3 is 9.80 Å². The van der Waals surface area contributed by atoms with Crippen molar-refractivity contribution in [2.24, 2.45) is 5.92 Å². The van der Waals surface area contributed by atoms with Gasteiger partial charge >= 0.3 is 0 Å². The molecule has 36 heavy (non-hydrogen) atoms. The Hall–Kier alpha value is -4.33. The minimum atomic E-state index is -0.467. The summed E-state index contributed by atoms with van der Waals surface area (Å²) in [5.74, 6) is -1.67. The zero-order chi connectivity index (χ0) is 24.8. The molecule has 180 valence electrons. The van der Waals surface area contributed by atoms with Crippen LogP contribution in [0, 0.1) is 5.92 Å². The molecule has 3 heterocycles. The molecule has 0 radical (unpaired) electrons. The number of benzene rings is 2. The van der Waals surface area contributed by atoms with Crippen LogP contribution < -0.4 is 9.80 Å². The van der Waals surface area contributed by atoms with Crippen LogP contribution in [0.1, 0.15) is 45.5 Å². The van der Waals surface area contributed by atoms with E-state index in [2.05, 4.69) is 4.98 Å². The van der Waals surface area contributed by atoms with Crippen LogP contribution in [0.25, 0.3) is 0 Å². The van der Waals surface area contributed by atoms with Gasteiger partial charge in [-0.25, -0.2) is 0 Å². The molecule has 0 saturated heterocycles. The number of pyridine rings is 1. The monoisotopic (exact) mass is 480 g/mol. The number of imide groups is 1. The van der Waals surface area contributed by atoms with E-state index in [0.717, 1.165) is 16.9 Å². The number of aromatic nitrogens is 1. The molecule has 0 N–H and O–H groups in total. The number of fused-ring (bicyclic) bond motifs is 3. The predicted octanol–water partition coefficient (Wildman–Crippen LogP) is 3.43. The molecule has 1 saturated carbocycles. The summed E-state index contributed by atoms with van der Waals surface area (Å²) in [5.41, 5.74) is 2.82. The summed E-state index contributed by atoms with van der Waals surface area (Å²) in [4.78, 5) is 62.1. The SMILES string of the molecule is O=C1c2ccccc2C(=O)N1CC(=O)N1c2ccccc2N(Cc2ccncc2)C(=O)C2CCCC21. The van der Waals surface area contributed by atoms with Crippen LogP contribution in [0.15, 0.2) is 73.1 Å². The lowest BCUT2D eigenvalue weighted by atomic mass is 10.0. The minimum absolute atomic E-state index is 0.0159. The first-order valence-corrected chi connectivity index (χ1v) is 12.1. The average molecular weight is 481 g/mol. The van der Waals surface area contributed by atoms with Crippen molar-refractivity contribution in [2.45, 2.75) is 31.8 Å². The van der Waals surface area contributed by atoms with Crippen molar-refractivity contribution in [3.8, 4) is 0 Å². The highest BCUT2D eigenvalue weighted by Gasteiger charge is 2.46. The van der Waals surface area contributed by atoms with Gasteiger partial charge in [-0.15, -0.1) is 0 Å². The maximum atomic E-state index is 13.9. The van der Waals surface area contributed by atoms with Crippen LogP contribution in [-0.4, -0.2) is 46.1 Å². The summed E-state index contributed by atoms with van der Waals surface area (Å²) in [6, 6.07) is 17.4. The first-order valence-electron chi connectivity index (χ1n) is 12.1. The quantitative estimate of drug-likeness (QED) is 0.534. The summed E-state index contributed by atoms with van der Waals surface area (Å²) >= 11 is 0. The Labute approximate surface area is 208 Å². The number of nitrogens with zero attached hydrogens (tertiary/aromatic N) is 4. The second kappa shape index (κ2) is 8.71. The molecule has 3 aromatic rings. The molecule has 2 aromatic carbocycles. The van der Waals surface area contributed by atoms with E-state index < -0.39 is 11.8 Å². The van der Waals surface area contributed by atoms with Gasteiger partial charge in [0.25, 0.3) is 11.8 Å². The number of hydrogen-bond donors (Lipinski definition) is 0. The van der Waals surface area contributed by atoms with Crippen LogP contribution in [0.2, 0.25) is 0 Å². The third-order valence-corrected chi connectivity index (χ3v) is 7.36. The molecule has 1 fully saturated rings. The Morgan fingerprint density at radius 1 is 0.806 bits per heavy atom. The van der Waals surface area contributed by atoms with Gasteiger partial charge in [0.15, 0.2) is 0 Å². The molecule has 1 aromatic heterocycles. The molecule has 2 aliphatic heterocycles. The molecule has 0 bridgehead atoms. The van der Waals surface area contributed by atoms with Crippen molar-refractivity contribution < 1.29 is 19.2 Å². The van der Waals surface area contributed by atoms with E-state index >= 15 is 0 Å². The molecular weight excluding hydrogens is 456 g/mol.